The Hall–Kier alpha value is -1.59. The van der Waals surface area contributed by atoms with E-state index >= 15 is 0 Å². The molecule has 0 aliphatic rings. The topological polar surface area (TPSA) is 65.0 Å². The highest BCUT2D eigenvalue weighted by molar-refractivity contribution is 5.57. The molecule has 112 valence electrons. The van der Waals surface area contributed by atoms with Gasteiger partial charge in [0.05, 0.1) is 13.2 Å². The zero-order valence-electron chi connectivity index (χ0n) is 12.2. The summed E-state index contributed by atoms with van der Waals surface area (Å²) in [5.41, 5.74) is 0.0155. The van der Waals surface area contributed by atoms with Crippen molar-refractivity contribution in [1.29, 1.82) is 0 Å². The van der Waals surface area contributed by atoms with Crippen molar-refractivity contribution in [1.82, 2.24) is 0 Å². The van der Waals surface area contributed by atoms with Crippen LogP contribution in [-0.4, -0.2) is 37.2 Å². The molecule has 1 rings (SSSR count). The Bertz CT molecular complexity index is 406. The third-order valence-electron chi connectivity index (χ3n) is 3.23. The average Bonchev–Trinajstić information content (AvgIpc) is 2.43. The Morgan fingerprint density at radius 2 is 1.95 bits per heavy atom. The monoisotopic (exact) mass is 282 g/mol. The fourth-order valence-electron chi connectivity index (χ4n) is 1.93. The van der Waals surface area contributed by atoms with Crippen molar-refractivity contribution in [3.8, 4) is 0 Å². The molecule has 5 nitrogen and oxygen atoms in total. The maximum absolute atomic E-state index is 10.8. The molecule has 0 aromatic heterocycles. The highest BCUT2D eigenvalue weighted by atomic mass is 16.7. The lowest BCUT2D eigenvalue weighted by Crippen LogP contribution is -2.41. The van der Waals surface area contributed by atoms with Gasteiger partial charge in [-0.3, -0.25) is 0 Å². The summed E-state index contributed by atoms with van der Waals surface area (Å²) in [6, 6.07) is 9.44. The van der Waals surface area contributed by atoms with Crippen LogP contribution in [-0.2, 0) is 19.8 Å². The molecule has 0 bridgehead atoms. The minimum Gasteiger partial charge on any atom is -0.450 e. The molecular formula is C15H22O5. The van der Waals surface area contributed by atoms with Gasteiger partial charge in [0.2, 0.25) is 0 Å². The second-order valence-corrected chi connectivity index (χ2v) is 4.54. The van der Waals surface area contributed by atoms with Crippen LogP contribution in [0.5, 0.6) is 0 Å². The zero-order valence-corrected chi connectivity index (χ0v) is 12.2. The highest BCUT2D eigenvalue weighted by Gasteiger charge is 2.37. The first-order valence-corrected chi connectivity index (χ1v) is 6.67. The fourth-order valence-corrected chi connectivity index (χ4v) is 1.93. The number of rotatable bonds is 8. The molecule has 2 atom stereocenters. The van der Waals surface area contributed by atoms with Crippen LogP contribution in [0.3, 0.4) is 0 Å². The van der Waals surface area contributed by atoms with Crippen LogP contribution >= 0.6 is 0 Å². The van der Waals surface area contributed by atoms with E-state index in [9.17, 15) is 4.79 Å². The zero-order chi connectivity index (χ0) is 15.0. The van der Waals surface area contributed by atoms with Crippen LogP contribution in [0.1, 0.15) is 26.3 Å². The average molecular weight is 282 g/mol. The van der Waals surface area contributed by atoms with Gasteiger partial charge in [-0.05, 0) is 26.3 Å². The van der Waals surface area contributed by atoms with Gasteiger partial charge in [-0.15, -0.1) is 0 Å². The quantitative estimate of drug-likeness (QED) is 0.586. The number of hydrogen-bond donors (Lipinski definition) is 1. The summed E-state index contributed by atoms with van der Waals surface area (Å²) in [5.74, 6) is 0. The number of carboxylic acid groups (broad SMARTS) is 1. The van der Waals surface area contributed by atoms with Crippen LogP contribution in [0.15, 0.2) is 30.3 Å². The Balaban J connectivity index is 2.85. The Morgan fingerprint density at radius 1 is 1.30 bits per heavy atom. The Morgan fingerprint density at radius 3 is 2.50 bits per heavy atom. The van der Waals surface area contributed by atoms with E-state index in [1.54, 1.807) is 6.92 Å². The van der Waals surface area contributed by atoms with Crippen LogP contribution in [0.4, 0.5) is 4.79 Å². The van der Waals surface area contributed by atoms with Gasteiger partial charge in [0.25, 0.3) is 0 Å². The molecule has 1 aromatic carbocycles. The standard InChI is InChI=1S/C15H22O5/c1-4-18-10-11-19-15(3,12(2)20-14(16)17)13-8-6-5-7-9-13/h5-9,12H,4,10-11H2,1-3H3,(H,16,17). The summed E-state index contributed by atoms with van der Waals surface area (Å²) in [4.78, 5) is 10.8. The van der Waals surface area contributed by atoms with E-state index < -0.39 is 17.9 Å². The van der Waals surface area contributed by atoms with E-state index in [4.69, 9.17) is 19.3 Å². The Kier molecular flexibility index (Phi) is 6.48. The molecule has 0 amide bonds. The van der Waals surface area contributed by atoms with Crippen LogP contribution < -0.4 is 0 Å². The molecule has 0 aliphatic heterocycles. The lowest BCUT2D eigenvalue weighted by atomic mass is 9.90. The molecule has 1 aromatic rings. The SMILES string of the molecule is CCOCCOC(C)(c1ccccc1)C(C)OC(=O)O. The molecule has 0 fully saturated rings. The summed E-state index contributed by atoms with van der Waals surface area (Å²) < 4.78 is 16.0. The van der Waals surface area contributed by atoms with Crippen molar-refractivity contribution in [2.75, 3.05) is 19.8 Å². The second-order valence-electron chi connectivity index (χ2n) is 4.54. The smallest absolute Gasteiger partial charge is 0.450 e. The van der Waals surface area contributed by atoms with Gasteiger partial charge >= 0.3 is 6.16 Å². The van der Waals surface area contributed by atoms with E-state index in [0.29, 0.717) is 19.8 Å². The molecule has 1 N–H and O–H groups in total. The van der Waals surface area contributed by atoms with Gasteiger partial charge in [0.1, 0.15) is 11.7 Å². The van der Waals surface area contributed by atoms with Crippen LogP contribution in [0.2, 0.25) is 0 Å². The normalized spacial score (nSPS) is 15.3. The molecule has 0 heterocycles. The number of benzene rings is 1. The van der Waals surface area contributed by atoms with E-state index in [0.717, 1.165) is 5.56 Å². The first-order valence-electron chi connectivity index (χ1n) is 6.67. The lowest BCUT2D eigenvalue weighted by molar-refractivity contribution is -0.130. The number of ether oxygens (including phenoxy) is 3. The summed E-state index contributed by atoms with van der Waals surface area (Å²) in [5, 5.41) is 8.80. The van der Waals surface area contributed by atoms with E-state index in [1.165, 1.54) is 0 Å². The molecular weight excluding hydrogens is 260 g/mol. The number of carbonyl (C=O) groups is 1. The largest absolute Gasteiger partial charge is 0.506 e. The third-order valence-corrected chi connectivity index (χ3v) is 3.23. The minimum atomic E-state index is -1.31. The van der Waals surface area contributed by atoms with Gasteiger partial charge in [0.15, 0.2) is 0 Å². The molecule has 0 saturated carbocycles. The first-order chi connectivity index (χ1) is 9.50. The fraction of sp³-hybridized carbons (Fsp3) is 0.533. The molecule has 5 heteroatoms. The van der Waals surface area contributed by atoms with E-state index in [1.807, 2.05) is 44.2 Å². The molecule has 2 unspecified atom stereocenters. The number of hydrogen-bond acceptors (Lipinski definition) is 4. The summed E-state index contributed by atoms with van der Waals surface area (Å²) in [6.45, 7) is 6.86. The maximum atomic E-state index is 10.8. The van der Waals surface area contributed by atoms with Gasteiger partial charge in [0, 0.05) is 6.61 Å². The van der Waals surface area contributed by atoms with Gasteiger partial charge in [-0.25, -0.2) is 4.79 Å². The molecule has 0 aliphatic carbocycles. The summed E-state index contributed by atoms with van der Waals surface area (Å²) in [6.07, 6.45) is -1.95. The van der Waals surface area contributed by atoms with Gasteiger partial charge < -0.3 is 19.3 Å². The molecule has 0 saturated heterocycles. The third kappa shape index (κ3) is 4.51. The molecule has 20 heavy (non-hydrogen) atoms. The molecule has 0 spiro atoms. The summed E-state index contributed by atoms with van der Waals surface area (Å²) >= 11 is 0. The van der Waals surface area contributed by atoms with Crippen molar-refractivity contribution in [2.45, 2.75) is 32.5 Å². The first kappa shape index (κ1) is 16.5. The van der Waals surface area contributed by atoms with Crippen LogP contribution in [0, 0.1) is 0 Å². The van der Waals surface area contributed by atoms with Gasteiger partial charge in [-0.2, -0.15) is 0 Å². The summed E-state index contributed by atoms with van der Waals surface area (Å²) in [7, 11) is 0. The van der Waals surface area contributed by atoms with Crippen molar-refractivity contribution >= 4 is 6.16 Å². The Labute approximate surface area is 119 Å². The lowest BCUT2D eigenvalue weighted by Gasteiger charge is -2.35. The van der Waals surface area contributed by atoms with Crippen molar-refractivity contribution < 1.29 is 24.1 Å². The maximum Gasteiger partial charge on any atom is 0.506 e. The second kappa shape index (κ2) is 7.87. The van der Waals surface area contributed by atoms with E-state index in [2.05, 4.69) is 0 Å². The predicted molar refractivity (Wildman–Crippen MR) is 74.8 cm³/mol. The van der Waals surface area contributed by atoms with Crippen molar-refractivity contribution in [3.05, 3.63) is 35.9 Å². The van der Waals surface area contributed by atoms with Crippen molar-refractivity contribution in [2.24, 2.45) is 0 Å². The van der Waals surface area contributed by atoms with Crippen LogP contribution in [0.25, 0.3) is 0 Å². The van der Waals surface area contributed by atoms with Crippen molar-refractivity contribution in [3.63, 3.8) is 0 Å². The minimum absolute atomic E-state index is 0.368. The highest BCUT2D eigenvalue weighted by Crippen LogP contribution is 2.31. The predicted octanol–water partition coefficient (Wildman–Crippen LogP) is 3.04. The molecule has 0 radical (unpaired) electrons. The van der Waals surface area contributed by atoms with Gasteiger partial charge in [-0.1, -0.05) is 30.3 Å². The van der Waals surface area contributed by atoms with E-state index in [-0.39, 0.29) is 0 Å².